The summed E-state index contributed by atoms with van der Waals surface area (Å²) >= 11 is 5.82. The highest BCUT2D eigenvalue weighted by atomic mass is 35.5. The van der Waals surface area contributed by atoms with E-state index < -0.39 is 6.10 Å². The Balaban J connectivity index is 1.92. The lowest BCUT2D eigenvalue weighted by Gasteiger charge is -2.13. The van der Waals surface area contributed by atoms with Crippen LogP contribution in [0.25, 0.3) is 0 Å². The molecule has 1 atom stereocenters. The van der Waals surface area contributed by atoms with Gasteiger partial charge in [0, 0.05) is 17.3 Å². The van der Waals surface area contributed by atoms with Gasteiger partial charge in [-0.15, -0.1) is 0 Å². The number of aliphatic hydroxyl groups excluding tert-OH is 1. The zero-order valence-electron chi connectivity index (χ0n) is 10.9. The van der Waals surface area contributed by atoms with Crippen molar-refractivity contribution in [1.29, 1.82) is 0 Å². The first-order valence-electron chi connectivity index (χ1n) is 6.45. The van der Waals surface area contributed by atoms with E-state index in [2.05, 4.69) is 24.4 Å². The number of aliphatic hydroxyl groups is 1. The number of hydrogen-bond acceptors (Lipinski definition) is 2. The molecule has 1 unspecified atom stereocenters. The Hall–Kier alpha value is -1.51. The molecule has 19 heavy (non-hydrogen) atoms. The summed E-state index contributed by atoms with van der Waals surface area (Å²) in [5.41, 5.74) is 3.19. The van der Waals surface area contributed by atoms with E-state index in [0.717, 1.165) is 17.7 Å². The molecule has 0 fully saturated rings. The van der Waals surface area contributed by atoms with Gasteiger partial charge in [-0.1, -0.05) is 42.8 Å². The van der Waals surface area contributed by atoms with Crippen molar-refractivity contribution >= 4 is 17.3 Å². The summed E-state index contributed by atoms with van der Waals surface area (Å²) in [6.07, 6.45) is 0.497. The van der Waals surface area contributed by atoms with Crippen LogP contribution in [0.1, 0.15) is 24.2 Å². The third kappa shape index (κ3) is 3.98. The molecule has 0 bridgehead atoms. The molecular weight excluding hydrogens is 258 g/mol. The van der Waals surface area contributed by atoms with Crippen LogP contribution >= 0.6 is 11.6 Å². The highest BCUT2D eigenvalue weighted by Gasteiger charge is 2.06. The molecular formula is C16H18ClNO. The molecule has 0 aliphatic carbocycles. The first-order chi connectivity index (χ1) is 9.19. The Labute approximate surface area is 119 Å². The summed E-state index contributed by atoms with van der Waals surface area (Å²) in [5, 5.41) is 14.0. The molecule has 0 radical (unpaired) electrons. The van der Waals surface area contributed by atoms with Gasteiger partial charge in [0.15, 0.2) is 0 Å². The fourth-order valence-corrected chi connectivity index (χ4v) is 2.00. The topological polar surface area (TPSA) is 32.3 Å². The molecule has 0 aliphatic rings. The van der Waals surface area contributed by atoms with Crippen molar-refractivity contribution in [2.75, 3.05) is 11.9 Å². The standard InChI is InChI=1S/C16H18ClNO/c1-2-12-3-9-15(10-4-12)18-11-16(19)13-5-7-14(17)8-6-13/h3-10,16,18-19H,2,11H2,1H3. The lowest BCUT2D eigenvalue weighted by atomic mass is 10.1. The van der Waals surface area contributed by atoms with Gasteiger partial charge in [0.2, 0.25) is 0 Å². The number of halogens is 1. The zero-order chi connectivity index (χ0) is 13.7. The maximum absolute atomic E-state index is 10.1. The maximum atomic E-state index is 10.1. The maximum Gasteiger partial charge on any atom is 0.0962 e. The highest BCUT2D eigenvalue weighted by molar-refractivity contribution is 6.30. The highest BCUT2D eigenvalue weighted by Crippen LogP contribution is 2.17. The molecule has 2 aromatic carbocycles. The van der Waals surface area contributed by atoms with E-state index in [1.54, 1.807) is 12.1 Å². The molecule has 0 aliphatic heterocycles. The minimum absolute atomic E-state index is 0.479. The van der Waals surface area contributed by atoms with E-state index in [9.17, 15) is 5.11 Å². The number of anilines is 1. The molecule has 3 heteroatoms. The minimum atomic E-state index is -0.539. The van der Waals surface area contributed by atoms with E-state index >= 15 is 0 Å². The third-order valence-corrected chi connectivity index (χ3v) is 3.37. The van der Waals surface area contributed by atoms with Crippen molar-refractivity contribution in [2.45, 2.75) is 19.4 Å². The first kappa shape index (κ1) is 13.9. The van der Waals surface area contributed by atoms with Crippen molar-refractivity contribution in [3.05, 3.63) is 64.7 Å². The average Bonchev–Trinajstić information content (AvgIpc) is 2.46. The Bertz CT molecular complexity index is 507. The van der Waals surface area contributed by atoms with Gasteiger partial charge in [0.05, 0.1) is 6.10 Å². The van der Waals surface area contributed by atoms with Crippen LogP contribution in [-0.2, 0) is 6.42 Å². The normalized spacial score (nSPS) is 12.2. The Morgan fingerprint density at radius 3 is 2.26 bits per heavy atom. The largest absolute Gasteiger partial charge is 0.387 e. The lowest BCUT2D eigenvalue weighted by Crippen LogP contribution is -2.11. The molecule has 2 nitrogen and oxygen atoms in total. The van der Waals surface area contributed by atoms with Gasteiger partial charge in [0.25, 0.3) is 0 Å². The van der Waals surface area contributed by atoms with Crippen molar-refractivity contribution in [1.82, 2.24) is 0 Å². The van der Waals surface area contributed by atoms with Gasteiger partial charge in [0.1, 0.15) is 0 Å². The number of rotatable bonds is 5. The van der Waals surface area contributed by atoms with E-state index in [0.29, 0.717) is 11.6 Å². The summed E-state index contributed by atoms with van der Waals surface area (Å²) in [6.45, 7) is 2.61. The molecule has 2 rings (SSSR count). The summed E-state index contributed by atoms with van der Waals surface area (Å²) in [7, 11) is 0. The van der Waals surface area contributed by atoms with Crippen molar-refractivity contribution in [3.8, 4) is 0 Å². The number of aryl methyl sites for hydroxylation is 1. The van der Waals surface area contributed by atoms with Crippen LogP contribution in [-0.4, -0.2) is 11.7 Å². The fourth-order valence-electron chi connectivity index (χ4n) is 1.88. The van der Waals surface area contributed by atoms with Crippen molar-refractivity contribution in [2.24, 2.45) is 0 Å². The predicted molar refractivity (Wildman–Crippen MR) is 80.7 cm³/mol. The van der Waals surface area contributed by atoms with E-state index in [4.69, 9.17) is 11.6 Å². The van der Waals surface area contributed by atoms with E-state index in [1.165, 1.54) is 5.56 Å². The van der Waals surface area contributed by atoms with Crippen LogP contribution in [0.3, 0.4) is 0 Å². The van der Waals surface area contributed by atoms with Crippen LogP contribution in [0.2, 0.25) is 5.02 Å². The smallest absolute Gasteiger partial charge is 0.0962 e. The molecule has 0 spiro atoms. The molecule has 0 saturated carbocycles. The predicted octanol–water partition coefficient (Wildman–Crippen LogP) is 4.05. The summed E-state index contributed by atoms with van der Waals surface area (Å²) in [5.74, 6) is 0. The monoisotopic (exact) mass is 275 g/mol. The zero-order valence-corrected chi connectivity index (χ0v) is 11.7. The second-order valence-electron chi connectivity index (χ2n) is 4.50. The Kier molecular flexibility index (Phi) is 4.83. The summed E-state index contributed by atoms with van der Waals surface area (Å²) < 4.78 is 0. The molecule has 2 aromatic rings. The molecule has 0 aromatic heterocycles. The number of nitrogens with one attached hydrogen (secondary N) is 1. The van der Waals surface area contributed by atoms with Crippen molar-refractivity contribution < 1.29 is 5.11 Å². The van der Waals surface area contributed by atoms with Crippen LogP contribution in [0, 0.1) is 0 Å². The average molecular weight is 276 g/mol. The molecule has 0 heterocycles. The van der Waals surface area contributed by atoms with Gasteiger partial charge in [-0.3, -0.25) is 0 Å². The van der Waals surface area contributed by atoms with Gasteiger partial charge in [-0.2, -0.15) is 0 Å². The Morgan fingerprint density at radius 2 is 1.68 bits per heavy atom. The molecule has 100 valence electrons. The SMILES string of the molecule is CCc1ccc(NCC(O)c2ccc(Cl)cc2)cc1. The van der Waals surface area contributed by atoms with Gasteiger partial charge in [-0.05, 0) is 41.8 Å². The second-order valence-corrected chi connectivity index (χ2v) is 4.94. The van der Waals surface area contributed by atoms with E-state index in [1.807, 2.05) is 24.3 Å². The Morgan fingerprint density at radius 1 is 1.05 bits per heavy atom. The first-order valence-corrected chi connectivity index (χ1v) is 6.83. The fraction of sp³-hybridized carbons (Fsp3) is 0.250. The van der Waals surface area contributed by atoms with Crippen LogP contribution in [0.15, 0.2) is 48.5 Å². The van der Waals surface area contributed by atoms with Gasteiger partial charge < -0.3 is 10.4 Å². The summed E-state index contributed by atoms with van der Waals surface area (Å²) in [4.78, 5) is 0. The molecule has 0 saturated heterocycles. The summed E-state index contributed by atoms with van der Waals surface area (Å²) in [6, 6.07) is 15.5. The van der Waals surface area contributed by atoms with Gasteiger partial charge >= 0.3 is 0 Å². The second kappa shape index (κ2) is 6.60. The lowest BCUT2D eigenvalue weighted by molar-refractivity contribution is 0.191. The number of benzene rings is 2. The minimum Gasteiger partial charge on any atom is -0.387 e. The van der Waals surface area contributed by atoms with Crippen LogP contribution < -0.4 is 5.32 Å². The molecule has 0 amide bonds. The quantitative estimate of drug-likeness (QED) is 0.863. The van der Waals surface area contributed by atoms with Crippen molar-refractivity contribution in [3.63, 3.8) is 0 Å². The number of hydrogen-bond donors (Lipinski definition) is 2. The van der Waals surface area contributed by atoms with Crippen LogP contribution in [0.5, 0.6) is 0 Å². The van der Waals surface area contributed by atoms with Crippen LogP contribution in [0.4, 0.5) is 5.69 Å². The molecule has 2 N–H and O–H groups in total. The van der Waals surface area contributed by atoms with E-state index in [-0.39, 0.29) is 0 Å². The third-order valence-electron chi connectivity index (χ3n) is 3.12. The van der Waals surface area contributed by atoms with Gasteiger partial charge in [-0.25, -0.2) is 0 Å².